The van der Waals surface area contributed by atoms with Gasteiger partial charge >= 0.3 is 0 Å². The fourth-order valence-electron chi connectivity index (χ4n) is 2.12. The van der Waals surface area contributed by atoms with Gasteiger partial charge < -0.3 is 10.2 Å². The summed E-state index contributed by atoms with van der Waals surface area (Å²) in [5.74, 6) is 0.513. The van der Waals surface area contributed by atoms with Crippen LogP contribution in [0.4, 0.5) is 0 Å². The van der Waals surface area contributed by atoms with Crippen molar-refractivity contribution >= 4 is 10.8 Å². The quantitative estimate of drug-likeness (QED) is 0.672. The summed E-state index contributed by atoms with van der Waals surface area (Å²) in [4.78, 5) is 0. The van der Waals surface area contributed by atoms with Gasteiger partial charge in [0, 0.05) is 5.39 Å². The van der Waals surface area contributed by atoms with Crippen molar-refractivity contribution in [2.24, 2.45) is 0 Å². The number of fused-ring (bicyclic) bond motifs is 1. The minimum atomic E-state index is 0.241. The van der Waals surface area contributed by atoms with Crippen LogP contribution in [-0.4, -0.2) is 10.2 Å². The van der Waals surface area contributed by atoms with Gasteiger partial charge in [0.2, 0.25) is 0 Å². The number of rotatable bonds is 1. The van der Waals surface area contributed by atoms with Crippen molar-refractivity contribution in [3.05, 3.63) is 60.7 Å². The molecule has 18 heavy (non-hydrogen) atoms. The maximum Gasteiger partial charge on any atom is 0.123 e. The van der Waals surface area contributed by atoms with Gasteiger partial charge in [-0.3, -0.25) is 0 Å². The highest BCUT2D eigenvalue weighted by Crippen LogP contribution is 2.30. The third-order valence-corrected chi connectivity index (χ3v) is 3.04. The molecule has 0 aliphatic rings. The van der Waals surface area contributed by atoms with E-state index in [0.717, 1.165) is 21.9 Å². The summed E-state index contributed by atoms with van der Waals surface area (Å²) in [7, 11) is 0. The second-order valence-electron chi connectivity index (χ2n) is 4.26. The largest absolute Gasteiger partial charge is 0.508 e. The lowest BCUT2D eigenvalue weighted by atomic mass is 10.0. The van der Waals surface area contributed by atoms with Gasteiger partial charge in [0.1, 0.15) is 11.5 Å². The van der Waals surface area contributed by atoms with E-state index in [1.54, 1.807) is 24.3 Å². The molecule has 0 atom stereocenters. The first-order valence-corrected chi connectivity index (χ1v) is 5.75. The summed E-state index contributed by atoms with van der Waals surface area (Å²) in [6, 6.07) is 18.4. The predicted molar refractivity (Wildman–Crippen MR) is 72.7 cm³/mol. The first-order valence-electron chi connectivity index (χ1n) is 5.75. The molecule has 0 aliphatic heterocycles. The standard InChI is InChI=1S/C16H12O2/c17-14-5-1-4-12(9-14)13-8-7-11-3-2-6-16(18)15(11)10-13/h1-10,17-18H. The molecule has 0 bridgehead atoms. The van der Waals surface area contributed by atoms with Crippen molar-refractivity contribution < 1.29 is 10.2 Å². The molecule has 0 unspecified atom stereocenters. The third kappa shape index (κ3) is 1.78. The van der Waals surface area contributed by atoms with E-state index in [0.29, 0.717) is 0 Å². The lowest BCUT2D eigenvalue weighted by molar-refractivity contribution is 0.475. The Labute approximate surface area is 105 Å². The molecule has 2 N–H and O–H groups in total. The lowest BCUT2D eigenvalue weighted by Crippen LogP contribution is -1.79. The number of aromatic hydroxyl groups is 2. The lowest BCUT2D eigenvalue weighted by Gasteiger charge is -2.06. The molecule has 3 rings (SSSR count). The van der Waals surface area contributed by atoms with Crippen molar-refractivity contribution in [3.8, 4) is 22.6 Å². The van der Waals surface area contributed by atoms with Gasteiger partial charge in [-0.05, 0) is 40.8 Å². The van der Waals surface area contributed by atoms with Crippen LogP contribution >= 0.6 is 0 Å². The normalized spacial score (nSPS) is 10.7. The number of phenols is 2. The van der Waals surface area contributed by atoms with Crippen LogP contribution in [0.5, 0.6) is 11.5 Å². The number of phenolic OH excluding ortho intramolecular Hbond substituents is 2. The van der Waals surface area contributed by atoms with Crippen LogP contribution < -0.4 is 0 Å². The van der Waals surface area contributed by atoms with E-state index in [-0.39, 0.29) is 11.5 Å². The van der Waals surface area contributed by atoms with E-state index in [1.807, 2.05) is 36.4 Å². The van der Waals surface area contributed by atoms with E-state index in [9.17, 15) is 10.2 Å². The first kappa shape index (κ1) is 10.7. The molecule has 0 saturated heterocycles. The van der Waals surface area contributed by atoms with Crippen LogP contribution in [0.2, 0.25) is 0 Å². The Kier molecular flexibility index (Phi) is 2.41. The molecule has 3 aromatic rings. The molecular weight excluding hydrogens is 224 g/mol. The van der Waals surface area contributed by atoms with Gasteiger partial charge in [-0.1, -0.05) is 36.4 Å². The smallest absolute Gasteiger partial charge is 0.123 e. The third-order valence-electron chi connectivity index (χ3n) is 3.04. The topological polar surface area (TPSA) is 40.5 Å². The zero-order chi connectivity index (χ0) is 12.5. The van der Waals surface area contributed by atoms with Crippen molar-refractivity contribution in [3.63, 3.8) is 0 Å². The van der Waals surface area contributed by atoms with E-state index in [1.165, 1.54) is 0 Å². The Morgan fingerprint density at radius 2 is 1.44 bits per heavy atom. The Morgan fingerprint density at radius 3 is 2.28 bits per heavy atom. The molecule has 3 aromatic carbocycles. The van der Waals surface area contributed by atoms with Crippen LogP contribution in [0.15, 0.2) is 60.7 Å². The molecule has 0 saturated carbocycles. The van der Waals surface area contributed by atoms with E-state index in [2.05, 4.69) is 0 Å². The molecule has 0 heterocycles. The van der Waals surface area contributed by atoms with Gasteiger partial charge in [-0.25, -0.2) is 0 Å². The van der Waals surface area contributed by atoms with E-state index in [4.69, 9.17) is 0 Å². The van der Waals surface area contributed by atoms with Gasteiger partial charge in [-0.2, -0.15) is 0 Å². The monoisotopic (exact) mass is 236 g/mol. The van der Waals surface area contributed by atoms with Crippen molar-refractivity contribution in [2.45, 2.75) is 0 Å². The highest BCUT2D eigenvalue weighted by molar-refractivity contribution is 5.91. The summed E-state index contributed by atoms with van der Waals surface area (Å²) in [6.07, 6.45) is 0. The Hall–Kier alpha value is -2.48. The summed E-state index contributed by atoms with van der Waals surface area (Å²) in [6.45, 7) is 0. The number of hydrogen-bond acceptors (Lipinski definition) is 2. The van der Waals surface area contributed by atoms with Crippen molar-refractivity contribution in [2.75, 3.05) is 0 Å². The second-order valence-corrected chi connectivity index (χ2v) is 4.26. The average molecular weight is 236 g/mol. The van der Waals surface area contributed by atoms with Gasteiger partial charge in [0.25, 0.3) is 0 Å². The fraction of sp³-hybridized carbons (Fsp3) is 0. The van der Waals surface area contributed by atoms with Crippen LogP contribution in [0.1, 0.15) is 0 Å². The highest BCUT2D eigenvalue weighted by atomic mass is 16.3. The Balaban J connectivity index is 2.22. The zero-order valence-electron chi connectivity index (χ0n) is 9.67. The minimum Gasteiger partial charge on any atom is -0.508 e. The molecule has 0 radical (unpaired) electrons. The Bertz CT molecular complexity index is 717. The molecule has 0 aromatic heterocycles. The maximum atomic E-state index is 9.85. The molecule has 88 valence electrons. The van der Waals surface area contributed by atoms with Crippen molar-refractivity contribution in [1.29, 1.82) is 0 Å². The maximum absolute atomic E-state index is 9.85. The molecular formula is C16H12O2. The minimum absolute atomic E-state index is 0.241. The van der Waals surface area contributed by atoms with Gasteiger partial charge in [0.15, 0.2) is 0 Å². The predicted octanol–water partition coefficient (Wildman–Crippen LogP) is 3.92. The zero-order valence-corrected chi connectivity index (χ0v) is 9.67. The molecule has 0 fully saturated rings. The van der Waals surface area contributed by atoms with Gasteiger partial charge in [-0.15, -0.1) is 0 Å². The summed E-state index contributed by atoms with van der Waals surface area (Å²) in [5.41, 5.74) is 1.90. The first-order chi connectivity index (χ1) is 8.74. The molecule has 0 aliphatic carbocycles. The molecule has 2 nitrogen and oxygen atoms in total. The summed E-state index contributed by atoms with van der Waals surface area (Å²) in [5, 5.41) is 21.2. The molecule has 0 spiro atoms. The van der Waals surface area contributed by atoms with Crippen LogP contribution in [0.3, 0.4) is 0 Å². The van der Waals surface area contributed by atoms with Crippen LogP contribution in [-0.2, 0) is 0 Å². The fourth-order valence-corrected chi connectivity index (χ4v) is 2.12. The van der Waals surface area contributed by atoms with Crippen LogP contribution in [0, 0.1) is 0 Å². The highest BCUT2D eigenvalue weighted by Gasteiger charge is 2.03. The van der Waals surface area contributed by atoms with E-state index >= 15 is 0 Å². The summed E-state index contributed by atoms with van der Waals surface area (Å²) < 4.78 is 0. The SMILES string of the molecule is Oc1cccc(-c2ccc3cccc(O)c3c2)c1. The number of benzene rings is 3. The number of hydrogen-bond donors (Lipinski definition) is 2. The average Bonchev–Trinajstić information content (AvgIpc) is 2.39. The van der Waals surface area contributed by atoms with Gasteiger partial charge in [0.05, 0.1) is 0 Å². The van der Waals surface area contributed by atoms with Crippen LogP contribution in [0.25, 0.3) is 21.9 Å². The van der Waals surface area contributed by atoms with Crippen molar-refractivity contribution in [1.82, 2.24) is 0 Å². The Morgan fingerprint density at radius 1 is 0.667 bits per heavy atom. The summed E-state index contributed by atoms with van der Waals surface area (Å²) >= 11 is 0. The van der Waals surface area contributed by atoms with E-state index < -0.39 is 0 Å². The molecule has 0 amide bonds. The second kappa shape index (κ2) is 4.08. The molecule has 2 heteroatoms.